The number of esters is 2. The number of furan rings is 2. The largest absolute Gasteiger partial charge is 0.460 e. The van der Waals surface area contributed by atoms with Gasteiger partial charge in [0.15, 0.2) is 4.67 Å². The van der Waals surface area contributed by atoms with Crippen LogP contribution in [-0.2, 0) is 9.47 Å². The number of ether oxygens (including phenoxy) is 3. The summed E-state index contributed by atoms with van der Waals surface area (Å²) in [6.45, 7) is 2.09. The standard InChI is InChI=1S/C18H15BrO7/c1-10-16(18(21)23-8-7-22-2)12-9-11(3-4-13(12)24-10)25-17(20)14-5-6-15(19)26-14/h3-6,9H,7-8H2,1-2H3. The molecular weight excluding hydrogens is 408 g/mol. The third-order valence-electron chi connectivity index (χ3n) is 3.55. The molecule has 3 rings (SSSR count). The van der Waals surface area contributed by atoms with Crippen LogP contribution in [0.3, 0.4) is 0 Å². The minimum absolute atomic E-state index is 0.0551. The van der Waals surface area contributed by atoms with Crippen LogP contribution < -0.4 is 4.74 Å². The van der Waals surface area contributed by atoms with Gasteiger partial charge in [-0.15, -0.1) is 0 Å². The number of hydrogen-bond acceptors (Lipinski definition) is 7. The fourth-order valence-corrected chi connectivity index (χ4v) is 2.69. The maximum Gasteiger partial charge on any atom is 0.379 e. The second-order valence-electron chi connectivity index (χ2n) is 5.31. The van der Waals surface area contributed by atoms with E-state index in [-0.39, 0.29) is 23.7 Å². The average Bonchev–Trinajstić information content (AvgIpc) is 3.17. The van der Waals surface area contributed by atoms with Gasteiger partial charge in [0.1, 0.15) is 29.3 Å². The summed E-state index contributed by atoms with van der Waals surface area (Å²) >= 11 is 3.13. The Morgan fingerprint density at radius 3 is 2.58 bits per heavy atom. The normalized spacial score (nSPS) is 10.9. The van der Waals surface area contributed by atoms with Crippen molar-refractivity contribution >= 4 is 38.8 Å². The van der Waals surface area contributed by atoms with Crippen molar-refractivity contribution in [3.8, 4) is 5.75 Å². The molecule has 0 amide bonds. The van der Waals surface area contributed by atoms with Crippen molar-refractivity contribution in [1.29, 1.82) is 0 Å². The minimum Gasteiger partial charge on any atom is -0.460 e. The summed E-state index contributed by atoms with van der Waals surface area (Å²) in [6, 6.07) is 7.82. The van der Waals surface area contributed by atoms with Crippen LogP contribution >= 0.6 is 15.9 Å². The first-order chi connectivity index (χ1) is 12.5. The molecule has 8 heteroatoms. The maximum atomic E-state index is 12.3. The Hall–Kier alpha value is -2.58. The first kappa shape index (κ1) is 18.2. The SMILES string of the molecule is COCCOC(=O)c1c(C)oc2ccc(OC(=O)c3ccc(Br)o3)cc12. The lowest BCUT2D eigenvalue weighted by Crippen LogP contribution is -2.10. The number of fused-ring (bicyclic) bond motifs is 1. The number of halogens is 1. The predicted octanol–water partition coefficient (Wildman–Crippen LogP) is 4.12. The highest BCUT2D eigenvalue weighted by atomic mass is 79.9. The van der Waals surface area contributed by atoms with Crippen molar-refractivity contribution in [2.75, 3.05) is 20.3 Å². The molecule has 0 aliphatic rings. The van der Waals surface area contributed by atoms with E-state index >= 15 is 0 Å². The van der Waals surface area contributed by atoms with Gasteiger partial charge in [-0.05, 0) is 53.2 Å². The summed E-state index contributed by atoms with van der Waals surface area (Å²) in [5, 5.41) is 0.496. The number of methoxy groups -OCH3 is 1. The Labute approximate surface area is 156 Å². The van der Waals surface area contributed by atoms with Crippen LogP contribution in [-0.4, -0.2) is 32.3 Å². The number of benzene rings is 1. The zero-order valence-electron chi connectivity index (χ0n) is 14.0. The molecule has 0 saturated carbocycles. The highest BCUT2D eigenvalue weighted by molar-refractivity contribution is 9.10. The van der Waals surface area contributed by atoms with Crippen molar-refractivity contribution in [3.05, 3.63) is 52.1 Å². The number of carbonyl (C=O) groups is 2. The monoisotopic (exact) mass is 422 g/mol. The molecule has 0 atom stereocenters. The zero-order chi connectivity index (χ0) is 18.7. The van der Waals surface area contributed by atoms with Gasteiger partial charge in [0.25, 0.3) is 0 Å². The van der Waals surface area contributed by atoms with Gasteiger partial charge in [0.2, 0.25) is 5.76 Å². The van der Waals surface area contributed by atoms with Gasteiger partial charge < -0.3 is 23.0 Å². The molecular formula is C18H15BrO7. The van der Waals surface area contributed by atoms with Crippen LogP contribution in [0, 0.1) is 6.92 Å². The van der Waals surface area contributed by atoms with Gasteiger partial charge in [-0.3, -0.25) is 0 Å². The highest BCUT2D eigenvalue weighted by Gasteiger charge is 2.21. The van der Waals surface area contributed by atoms with Gasteiger partial charge in [0, 0.05) is 12.5 Å². The van der Waals surface area contributed by atoms with Gasteiger partial charge in [-0.25, -0.2) is 9.59 Å². The maximum absolute atomic E-state index is 12.3. The quantitative estimate of drug-likeness (QED) is 0.335. The van der Waals surface area contributed by atoms with Gasteiger partial charge in [-0.2, -0.15) is 0 Å². The summed E-state index contributed by atoms with van der Waals surface area (Å²) in [4.78, 5) is 24.4. The van der Waals surface area contributed by atoms with Crippen LogP contribution in [0.5, 0.6) is 5.75 Å². The lowest BCUT2D eigenvalue weighted by molar-refractivity contribution is 0.0388. The van der Waals surface area contributed by atoms with E-state index in [9.17, 15) is 9.59 Å². The molecule has 2 aromatic heterocycles. The van der Waals surface area contributed by atoms with E-state index in [4.69, 9.17) is 23.0 Å². The molecule has 0 spiro atoms. The fraction of sp³-hybridized carbons (Fsp3) is 0.222. The van der Waals surface area contributed by atoms with E-state index in [1.54, 1.807) is 31.2 Å². The van der Waals surface area contributed by atoms with Crippen LogP contribution in [0.1, 0.15) is 26.7 Å². The number of hydrogen-bond donors (Lipinski definition) is 0. The van der Waals surface area contributed by atoms with Crippen LogP contribution in [0.15, 0.2) is 43.8 Å². The number of rotatable bonds is 6. The predicted molar refractivity (Wildman–Crippen MR) is 94.5 cm³/mol. The van der Waals surface area contributed by atoms with Crippen molar-refractivity contribution in [3.63, 3.8) is 0 Å². The first-order valence-corrected chi connectivity index (χ1v) is 8.45. The molecule has 2 heterocycles. The molecule has 0 fully saturated rings. The van der Waals surface area contributed by atoms with Crippen molar-refractivity contribution in [2.24, 2.45) is 0 Å². The van der Waals surface area contributed by atoms with Gasteiger partial charge in [0.05, 0.1) is 6.61 Å². The van der Waals surface area contributed by atoms with Gasteiger partial charge >= 0.3 is 11.9 Å². The first-order valence-electron chi connectivity index (χ1n) is 7.66. The third kappa shape index (κ3) is 3.81. The summed E-state index contributed by atoms with van der Waals surface area (Å²) < 4.78 is 26.5. The molecule has 0 radical (unpaired) electrons. The molecule has 0 unspecified atom stereocenters. The molecule has 0 aliphatic heterocycles. The lowest BCUT2D eigenvalue weighted by atomic mass is 10.1. The molecule has 7 nitrogen and oxygen atoms in total. The van der Waals surface area contributed by atoms with Crippen LogP contribution in [0.2, 0.25) is 0 Å². The number of carbonyl (C=O) groups excluding carboxylic acids is 2. The van der Waals surface area contributed by atoms with E-state index < -0.39 is 11.9 Å². The Morgan fingerprint density at radius 2 is 1.88 bits per heavy atom. The summed E-state index contributed by atoms with van der Waals surface area (Å²) in [5.41, 5.74) is 0.775. The van der Waals surface area contributed by atoms with E-state index in [0.29, 0.717) is 28.0 Å². The van der Waals surface area contributed by atoms with Crippen LogP contribution in [0.4, 0.5) is 0 Å². The second kappa shape index (κ2) is 7.76. The summed E-state index contributed by atoms with van der Waals surface area (Å²) in [7, 11) is 1.52. The minimum atomic E-state index is -0.653. The Kier molecular flexibility index (Phi) is 5.43. The van der Waals surface area contributed by atoms with Crippen molar-refractivity contribution < 1.29 is 32.6 Å². The Balaban J connectivity index is 1.86. The molecule has 1 aromatic carbocycles. The van der Waals surface area contributed by atoms with Crippen molar-refractivity contribution in [1.82, 2.24) is 0 Å². The second-order valence-corrected chi connectivity index (χ2v) is 6.09. The number of aryl methyl sites for hydroxylation is 1. The van der Waals surface area contributed by atoms with E-state index in [1.807, 2.05) is 0 Å². The van der Waals surface area contributed by atoms with Crippen LogP contribution in [0.25, 0.3) is 11.0 Å². The zero-order valence-corrected chi connectivity index (χ0v) is 15.6. The topological polar surface area (TPSA) is 88.1 Å². The molecule has 0 saturated heterocycles. The summed E-state index contributed by atoms with van der Waals surface area (Å²) in [6.07, 6.45) is 0. The average molecular weight is 423 g/mol. The Morgan fingerprint density at radius 1 is 1.08 bits per heavy atom. The molecule has 0 aliphatic carbocycles. The van der Waals surface area contributed by atoms with Gasteiger partial charge in [-0.1, -0.05) is 0 Å². The Bertz CT molecular complexity index is 954. The third-order valence-corrected chi connectivity index (χ3v) is 3.97. The lowest BCUT2D eigenvalue weighted by Gasteiger charge is -2.04. The molecule has 136 valence electrons. The molecule has 0 bridgehead atoms. The molecule has 0 N–H and O–H groups in total. The molecule has 26 heavy (non-hydrogen) atoms. The van der Waals surface area contributed by atoms with E-state index in [0.717, 1.165) is 0 Å². The highest BCUT2D eigenvalue weighted by Crippen LogP contribution is 2.30. The molecule has 3 aromatic rings. The summed E-state index contributed by atoms with van der Waals surface area (Å²) in [5.74, 6) is -0.460. The van der Waals surface area contributed by atoms with E-state index in [1.165, 1.54) is 13.2 Å². The fourth-order valence-electron chi connectivity index (χ4n) is 2.39. The van der Waals surface area contributed by atoms with Crippen molar-refractivity contribution in [2.45, 2.75) is 6.92 Å². The van der Waals surface area contributed by atoms with E-state index in [2.05, 4.69) is 15.9 Å². The smallest absolute Gasteiger partial charge is 0.379 e.